The van der Waals surface area contributed by atoms with Gasteiger partial charge in [-0.05, 0) is 37.9 Å². The first-order valence-electron chi connectivity index (χ1n) is 9.65. The molecule has 27 heavy (non-hydrogen) atoms. The largest absolute Gasteiger partial charge is 0.497 e. The topological polar surface area (TPSA) is 67.9 Å². The maximum atomic E-state index is 13.1. The summed E-state index contributed by atoms with van der Waals surface area (Å²) in [5.41, 5.74) is 2.11. The van der Waals surface area contributed by atoms with Crippen molar-refractivity contribution in [1.29, 1.82) is 0 Å². The number of benzene rings is 1. The Hall–Kier alpha value is -2.34. The maximum absolute atomic E-state index is 13.1. The Kier molecular flexibility index (Phi) is 3.63. The monoisotopic (exact) mass is 368 g/mol. The molecule has 1 N–H and O–H groups in total. The van der Waals surface area contributed by atoms with Gasteiger partial charge in [0.25, 0.3) is 0 Å². The van der Waals surface area contributed by atoms with Crippen molar-refractivity contribution in [2.24, 2.45) is 11.8 Å². The molecule has 4 heterocycles. The lowest BCUT2D eigenvalue weighted by atomic mass is 9.66. The summed E-state index contributed by atoms with van der Waals surface area (Å²) in [4.78, 5) is 27.9. The molecule has 4 aliphatic heterocycles. The molecule has 6 heteroatoms. The highest BCUT2D eigenvalue weighted by Gasteiger charge is 2.61. The molecule has 4 aliphatic rings. The molecule has 2 saturated heterocycles. The smallest absolute Gasteiger partial charge is 0.337 e. The fourth-order valence-electron chi connectivity index (χ4n) is 5.77. The van der Waals surface area contributed by atoms with E-state index in [0.717, 1.165) is 37.2 Å². The first-order valence-corrected chi connectivity index (χ1v) is 9.65. The van der Waals surface area contributed by atoms with Gasteiger partial charge in [-0.15, -0.1) is 0 Å². The van der Waals surface area contributed by atoms with Crippen LogP contribution in [0.2, 0.25) is 0 Å². The average Bonchev–Trinajstić information content (AvgIpc) is 3.20. The Morgan fingerprint density at radius 2 is 2.19 bits per heavy atom. The third-order valence-electron chi connectivity index (χ3n) is 7.14. The van der Waals surface area contributed by atoms with Crippen LogP contribution < -0.4 is 5.32 Å². The van der Waals surface area contributed by atoms with Gasteiger partial charge >= 0.3 is 5.97 Å². The molecule has 0 aliphatic carbocycles. The fraction of sp³-hybridized carbons (Fsp3) is 0.524. The Morgan fingerprint density at radius 3 is 3.00 bits per heavy atom. The van der Waals surface area contributed by atoms with Crippen LogP contribution in [0.1, 0.15) is 25.3 Å². The van der Waals surface area contributed by atoms with Crippen molar-refractivity contribution in [2.45, 2.75) is 37.3 Å². The third kappa shape index (κ3) is 2.16. The normalized spacial score (nSPS) is 37.0. The molecule has 5 atom stereocenters. The van der Waals surface area contributed by atoms with Gasteiger partial charge < -0.3 is 14.8 Å². The molecule has 2 fully saturated rings. The summed E-state index contributed by atoms with van der Waals surface area (Å²) < 4.78 is 10.8. The molecule has 0 bridgehead atoms. The van der Waals surface area contributed by atoms with Gasteiger partial charge in [0.1, 0.15) is 0 Å². The van der Waals surface area contributed by atoms with Crippen molar-refractivity contribution >= 4 is 17.6 Å². The Labute approximate surface area is 158 Å². The second-order valence-electron chi connectivity index (χ2n) is 8.14. The third-order valence-corrected chi connectivity index (χ3v) is 7.14. The standard InChI is InChI=1S/C21H24N2O4/c1-12-14-10-23-8-7-21(16-5-3-4-6-17(16)22-20(21)25)18(23)9-13(14)15(11-27-12)19(24)26-2/h3-6,11-14,18H,7-10H2,1-2H3,(H,22,25)/t12-,13-,14+,18-,21-/m0/s1. The van der Waals surface area contributed by atoms with Gasteiger partial charge in [-0.25, -0.2) is 4.79 Å². The number of methoxy groups -OCH3 is 1. The molecular formula is C21H24N2O4. The minimum absolute atomic E-state index is 0.0468. The fourth-order valence-corrected chi connectivity index (χ4v) is 5.77. The lowest BCUT2D eigenvalue weighted by Crippen LogP contribution is -2.56. The van der Waals surface area contributed by atoms with E-state index in [-0.39, 0.29) is 35.9 Å². The summed E-state index contributed by atoms with van der Waals surface area (Å²) in [5, 5.41) is 3.09. The van der Waals surface area contributed by atoms with Gasteiger partial charge in [0, 0.05) is 30.1 Å². The number of carbonyl (C=O) groups excluding carboxylic acids is 2. The van der Waals surface area contributed by atoms with Crippen LogP contribution in [-0.2, 0) is 24.5 Å². The van der Waals surface area contributed by atoms with Gasteiger partial charge in [0.2, 0.25) is 5.91 Å². The van der Waals surface area contributed by atoms with Crippen molar-refractivity contribution in [3.05, 3.63) is 41.7 Å². The van der Waals surface area contributed by atoms with Crippen molar-refractivity contribution in [2.75, 3.05) is 25.5 Å². The van der Waals surface area contributed by atoms with Gasteiger partial charge in [-0.3, -0.25) is 9.69 Å². The molecule has 142 valence electrons. The zero-order chi connectivity index (χ0) is 18.8. The van der Waals surface area contributed by atoms with Crippen LogP contribution in [0.4, 0.5) is 5.69 Å². The molecule has 6 nitrogen and oxygen atoms in total. The molecule has 5 rings (SSSR count). The van der Waals surface area contributed by atoms with E-state index in [1.807, 2.05) is 18.2 Å². The lowest BCUT2D eigenvalue weighted by Gasteiger charge is -2.48. The number of hydrogen-bond donors (Lipinski definition) is 1. The van der Waals surface area contributed by atoms with Crippen molar-refractivity contribution in [1.82, 2.24) is 4.90 Å². The first kappa shape index (κ1) is 16.8. The summed E-state index contributed by atoms with van der Waals surface area (Å²) in [6.07, 6.45) is 3.20. The Balaban J connectivity index is 1.55. The minimum atomic E-state index is -0.523. The van der Waals surface area contributed by atoms with E-state index in [4.69, 9.17) is 9.47 Å². The number of fused-ring (bicyclic) bond motifs is 5. The number of rotatable bonds is 1. The van der Waals surface area contributed by atoms with E-state index in [1.165, 1.54) is 7.11 Å². The van der Waals surface area contributed by atoms with Crippen LogP contribution in [0.25, 0.3) is 0 Å². The molecule has 0 unspecified atom stereocenters. The summed E-state index contributed by atoms with van der Waals surface area (Å²) in [7, 11) is 1.41. The van der Waals surface area contributed by atoms with Crippen LogP contribution in [0.5, 0.6) is 0 Å². The van der Waals surface area contributed by atoms with E-state index < -0.39 is 5.41 Å². The number of piperidine rings is 1. The molecule has 1 spiro atoms. The van der Waals surface area contributed by atoms with E-state index in [9.17, 15) is 9.59 Å². The highest BCUT2D eigenvalue weighted by Crippen LogP contribution is 2.53. The first-order chi connectivity index (χ1) is 13.1. The summed E-state index contributed by atoms with van der Waals surface area (Å²) in [6.45, 7) is 3.79. The highest BCUT2D eigenvalue weighted by molar-refractivity contribution is 6.07. The number of carbonyl (C=O) groups is 2. The van der Waals surface area contributed by atoms with Gasteiger partial charge in [-0.1, -0.05) is 18.2 Å². The van der Waals surface area contributed by atoms with Crippen LogP contribution in [0.3, 0.4) is 0 Å². The van der Waals surface area contributed by atoms with Crippen LogP contribution >= 0.6 is 0 Å². The van der Waals surface area contributed by atoms with Crippen LogP contribution in [0.15, 0.2) is 36.1 Å². The van der Waals surface area contributed by atoms with Gasteiger partial charge in [0.05, 0.1) is 30.5 Å². The van der Waals surface area contributed by atoms with E-state index in [2.05, 4.69) is 23.2 Å². The van der Waals surface area contributed by atoms with Crippen LogP contribution in [-0.4, -0.2) is 49.1 Å². The second-order valence-corrected chi connectivity index (χ2v) is 8.14. The number of esters is 1. The van der Waals surface area contributed by atoms with Gasteiger partial charge in [-0.2, -0.15) is 0 Å². The number of nitrogens with zero attached hydrogens (tertiary/aromatic N) is 1. The molecule has 0 saturated carbocycles. The number of ether oxygens (including phenoxy) is 2. The van der Waals surface area contributed by atoms with E-state index >= 15 is 0 Å². The zero-order valence-electron chi connectivity index (χ0n) is 15.6. The molecule has 1 amide bonds. The lowest BCUT2D eigenvalue weighted by molar-refractivity contribution is -0.139. The molecular weight excluding hydrogens is 344 g/mol. The number of hydrogen-bond acceptors (Lipinski definition) is 5. The van der Waals surface area contributed by atoms with E-state index in [0.29, 0.717) is 5.57 Å². The van der Waals surface area contributed by atoms with Crippen molar-refractivity contribution in [3.63, 3.8) is 0 Å². The summed E-state index contributed by atoms with van der Waals surface area (Å²) >= 11 is 0. The second kappa shape index (κ2) is 5.83. The Bertz CT molecular complexity index is 850. The minimum Gasteiger partial charge on any atom is -0.497 e. The van der Waals surface area contributed by atoms with Crippen LogP contribution in [0, 0.1) is 11.8 Å². The number of amides is 1. The number of nitrogens with one attached hydrogen (secondary N) is 1. The van der Waals surface area contributed by atoms with Crippen molar-refractivity contribution < 1.29 is 19.1 Å². The molecule has 1 aromatic rings. The maximum Gasteiger partial charge on any atom is 0.337 e. The Morgan fingerprint density at radius 1 is 1.37 bits per heavy atom. The summed E-state index contributed by atoms with van der Waals surface area (Å²) in [6, 6.07) is 8.10. The van der Waals surface area contributed by atoms with E-state index in [1.54, 1.807) is 6.26 Å². The predicted molar refractivity (Wildman–Crippen MR) is 99.0 cm³/mol. The molecule has 0 radical (unpaired) electrons. The summed E-state index contributed by atoms with van der Waals surface area (Å²) in [5.74, 6) is 0.0558. The number of para-hydroxylation sites is 1. The average molecular weight is 368 g/mol. The van der Waals surface area contributed by atoms with Crippen molar-refractivity contribution in [3.8, 4) is 0 Å². The zero-order valence-corrected chi connectivity index (χ0v) is 15.6. The molecule has 0 aromatic heterocycles. The highest BCUT2D eigenvalue weighted by atomic mass is 16.5. The SMILES string of the molecule is COC(=O)C1=CO[C@@H](C)[C@H]2CN3CC[C@@]4(C(=O)Nc5ccccc54)[C@@H]3C[C@H]12. The van der Waals surface area contributed by atoms with Gasteiger partial charge in [0.15, 0.2) is 0 Å². The quantitative estimate of drug-likeness (QED) is 0.769. The predicted octanol–water partition coefficient (Wildman–Crippen LogP) is 2.06. The molecule has 1 aromatic carbocycles. The number of anilines is 1.